The number of alkyl halides is 3. The molecule has 0 aromatic rings. The smallest absolute Gasteiger partial charge is 0.481 e. The lowest BCUT2D eigenvalue weighted by atomic mass is 10.4. The second-order valence-corrected chi connectivity index (χ2v) is 2.05. The lowest BCUT2D eigenvalue weighted by molar-refractivity contribution is -0.192. The molecule has 3 N–H and O–H groups in total. The van der Waals surface area contributed by atoms with Crippen LogP contribution in [-0.4, -0.2) is 41.9 Å². The Balaban J connectivity index is 0. The van der Waals surface area contributed by atoms with Crippen molar-refractivity contribution in [2.24, 2.45) is 0 Å². The quantitative estimate of drug-likeness (QED) is 0.633. The molecular formula is C6H10F3NO4. The van der Waals surface area contributed by atoms with Gasteiger partial charge >= 0.3 is 18.1 Å². The van der Waals surface area contributed by atoms with E-state index in [0.29, 0.717) is 6.54 Å². The van der Waals surface area contributed by atoms with Crippen molar-refractivity contribution in [3.8, 4) is 0 Å². The van der Waals surface area contributed by atoms with E-state index in [2.05, 4.69) is 5.32 Å². The van der Waals surface area contributed by atoms with E-state index in [1.165, 1.54) is 0 Å². The first kappa shape index (κ1) is 15.2. The van der Waals surface area contributed by atoms with Crippen LogP contribution in [0.4, 0.5) is 13.2 Å². The van der Waals surface area contributed by atoms with Gasteiger partial charge in [-0.25, -0.2) is 4.79 Å². The third kappa shape index (κ3) is 13.3. The number of hydrogen-bond donors (Lipinski definition) is 3. The lowest BCUT2D eigenvalue weighted by Crippen LogP contribution is -2.21. The first-order valence-electron chi connectivity index (χ1n) is 3.38. The SMILES string of the molecule is CNCCC(=O)O.O=C(O)C(F)(F)F. The van der Waals surface area contributed by atoms with Crippen molar-refractivity contribution in [1.29, 1.82) is 0 Å². The van der Waals surface area contributed by atoms with Crippen molar-refractivity contribution < 1.29 is 33.0 Å². The van der Waals surface area contributed by atoms with E-state index in [0.717, 1.165) is 0 Å². The summed E-state index contributed by atoms with van der Waals surface area (Å²) in [5, 5.41) is 17.8. The van der Waals surface area contributed by atoms with Crippen LogP contribution in [0.25, 0.3) is 0 Å². The predicted molar refractivity (Wildman–Crippen MR) is 39.9 cm³/mol. The second kappa shape index (κ2) is 7.13. The standard InChI is InChI=1S/C4H9NO2.C2HF3O2/c1-5-3-2-4(6)7;3-2(4,5)1(6)7/h5H,2-3H2,1H3,(H,6,7);(H,6,7). The molecule has 0 aliphatic carbocycles. The molecule has 0 heterocycles. The van der Waals surface area contributed by atoms with E-state index >= 15 is 0 Å². The molecule has 0 saturated heterocycles. The molecule has 0 aliphatic rings. The van der Waals surface area contributed by atoms with Gasteiger partial charge < -0.3 is 15.5 Å². The minimum absolute atomic E-state index is 0.205. The zero-order valence-corrected chi connectivity index (χ0v) is 7.26. The van der Waals surface area contributed by atoms with E-state index in [-0.39, 0.29) is 6.42 Å². The van der Waals surface area contributed by atoms with Gasteiger partial charge in [-0.3, -0.25) is 4.79 Å². The van der Waals surface area contributed by atoms with Gasteiger partial charge in [0.05, 0.1) is 6.42 Å². The summed E-state index contributed by atoms with van der Waals surface area (Å²) in [6.45, 7) is 0.551. The largest absolute Gasteiger partial charge is 0.490 e. The number of carboxylic acid groups (broad SMARTS) is 2. The van der Waals surface area contributed by atoms with Crippen LogP contribution in [-0.2, 0) is 9.59 Å². The first-order chi connectivity index (χ1) is 6.21. The van der Waals surface area contributed by atoms with E-state index in [1.807, 2.05) is 0 Å². The van der Waals surface area contributed by atoms with E-state index < -0.39 is 18.1 Å². The summed E-state index contributed by atoms with van der Waals surface area (Å²) >= 11 is 0. The van der Waals surface area contributed by atoms with Crippen LogP contribution in [0.5, 0.6) is 0 Å². The molecule has 0 aromatic heterocycles. The maximum absolute atomic E-state index is 10.6. The van der Waals surface area contributed by atoms with Crippen LogP contribution in [0.15, 0.2) is 0 Å². The minimum Gasteiger partial charge on any atom is -0.481 e. The predicted octanol–water partition coefficient (Wildman–Crippen LogP) is 0.314. The highest BCUT2D eigenvalue weighted by atomic mass is 19.4. The van der Waals surface area contributed by atoms with Crippen LogP contribution < -0.4 is 5.32 Å². The average Bonchev–Trinajstić information content (AvgIpc) is 2.00. The molecule has 0 bridgehead atoms. The molecule has 0 saturated carbocycles. The van der Waals surface area contributed by atoms with Crippen molar-refractivity contribution >= 4 is 11.9 Å². The minimum atomic E-state index is -5.08. The van der Waals surface area contributed by atoms with Crippen molar-refractivity contribution in [1.82, 2.24) is 5.32 Å². The van der Waals surface area contributed by atoms with Gasteiger partial charge in [-0.15, -0.1) is 0 Å². The second-order valence-electron chi connectivity index (χ2n) is 2.05. The Morgan fingerprint density at radius 3 is 1.71 bits per heavy atom. The molecule has 0 aliphatic heterocycles. The number of hydrogen-bond acceptors (Lipinski definition) is 3. The topological polar surface area (TPSA) is 86.6 Å². The normalized spacial score (nSPS) is 10.0. The zero-order valence-electron chi connectivity index (χ0n) is 7.26. The number of carbonyl (C=O) groups is 2. The maximum atomic E-state index is 10.6. The highest BCUT2D eigenvalue weighted by Crippen LogP contribution is 2.13. The summed E-state index contributed by atoms with van der Waals surface area (Å²) in [5.74, 6) is -3.51. The third-order valence-electron chi connectivity index (χ3n) is 0.831. The van der Waals surface area contributed by atoms with E-state index in [4.69, 9.17) is 15.0 Å². The fourth-order valence-electron chi connectivity index (χ4n) is 0.232. The van der Waals surface area contributed by atoms with Crippen LogP contribution >= 0.6 is 0 Å². The first-order valence-corrected chi connectivity index (χ1v) is 3.38. The molecule has 5 nitrogen and oxygen atoms in total. The van der Waals surface area contributed by atoms with E-state index in [1.54, 1.807) is 7.05 Å². The number of halogens is 3. The monoisotopic (exact) mass is 217 g/mol. The van der Waals surface area contributed by atoms with Gasteiger partial charge in [-0.2, -0.15) is 13.2 Å². The maximum Gasteiger partial charge on any atom is 0.490 e. The van der Waals surface area contributed by atoms with Crippen LogP contribution in [0.3, 0.4) is 0 Å². The molecule has 0 amide bonds. The Bertz CT molecular complexity index is 192. The summed E-state index contributed by atoms with van der Waals surface area (Å²) in [6.07, 6.45) is -4.88. The molecule has 0 spiro atoms. The third-order valence-corrected chi connectivity index (χ3v) is 0.831. The zero-order chi connectivity index (χ0) is 11.8. The Kier molecular flexibility index (Phi) is 7.73. The van der Waals surface area contributed by atoms with Gasteiger partial charge in [-0.05, 0) is 7.05 Å². The van der Waals surface area contributed by atoms with Gasteiger partial charge in [0.25, 0.3) is 0 Å². The fourth-order valence-corrected chi connectivity index (χ4v) is 0.232. The molecule has 0 fully saturated rings. The molecule has 84 valence electrons. The summed E-state index contributed by atoms with van der Waals surface area (Å²) in [6, 6.07) is 0. The molecular weight excluding hydrogens is 207 g/mol. The average molecular weight is 217 g/mol. The Labute approximate surface area is 77.5 Å². The fraction of sp³-hybridized carbons (Fsp3) is 0.667. The van der Waals surface area contributed by atoms with Gasteiger partial charge in [0.15, 0.2) is 0 Å². The summed E-state index contributed by atoms with van der Waals surface area (Å²) < 4.78 is 31.7. The molecule has 0 aromatic carbocycles. The number of rotatable bonds is 3. The van der Waals surface area contributed by atoms with Crippen LogP contribution in [0, 0.1) is 0 Å². The van der Waals surface area contributed by atoms with E-state index in [9.17, 15) is 18.0 Å². The highest BCUT2D eigenvalue weighted by molar-refractivity contribution is 5.73. The molecule has 0 unspecified atom stereocenters. The number of carboxylic acids is 2. The van der Waals surface area contributed by atoms with Gasteiger partial charge in [0, 0.05) is 6.54 Å². The molecule has 14 heavy (non-hydrogen) atoms. The van der Waals surface area contributed by atoms with Gasteiger partial charge in [-0.1, -0.05) is 0 Å². The Morgan fingerprint density at radius 1 is 1.29 bits per heavy atom. The molecule has 0 atom stereocenters. The number of nitrogens with one attached hydrogen (secondary N) is 1. The van der Waals surface area contributed by atoms with Crippen LogP contribution in [0.2, 0.25) is 0 Å². The molecule has 0 radical (unpaired) electrons. The Hall–Kier alpha value is -1.31. The van der Waals surface area contributed by atoms with Gasteiger partial charge in [0.1, 0.15) is 0 Å². The highest BCUT2D eigenvalue weighted by Gasteiger charge is 2.38. The van der Waals surface area contributed by atoms with Crippen molar-refractivity contribution in [3.63, 3.8) is 0 Å². The number of aliphatic carboxylic acids is 2. The van der Waals surface area contributed by atoms with Crippen molar-refractivity contribution in [3.05, 3.63) is 0 Å². The summed E-state index contributed by atoms with van der Waals surface area (Å²) in [4.78, 5) is 18.6. The molecule has 8 heteroatoms. The van der Waals surface area contributed by atoms with Crippen LogP contribution in [0.1, 0.15) is 6.42 Å². The summed E-state index contributed by atoms with van der Waals surface area (Å²) in [7, 11) is 1.73. The van der Waals surface area contributed by atoms with Crippen molar-refractivity contribution in [2.45, 2.75) is 12.6 Å². The van der Waals surface area contributed by atoms with Gasteiger partial charge in [0.2, 0.25) is 0 Å². The van der Waals surface area contributed by atoms with Crippen molar-refractivity contribution in [2.75, 3.05) is 13.6 Å². The summed E-state index contributed by atoms with van der Waals surface area (Å²) in [5.41, 5.74) is 0. The lowest BCUT2D eigenvalue weighted by Gasteiger charge is -1.93. The Morgan fingerprint density at radius 2 is 1.64 bits per heavy atom. The molecule has 0 rings (SSSR count).